The van der Waals surface area contributed by atoms with Crippen LogP contribution in [0.3, 0.4) is 0 Å². The molecule has 0 aliphatic rings. The fourth-order valence-corrected chi connectivity index (χ4v) is 2.33. The maximum atomic E-state index is 13.1. The molecule has 1 N–H and O–H groups in total. The predicted octanol–water partition coefficient (Wildman–Crippen LogP) is 3.09. The van der Waals surface area contributed by atoms with E-state index < -0.39 is 33.4 Å². The largest absolute Gasteiger partial charge is 0.465 e. The second-order valence-electron chi connectivity index (χ2n) is 3.72. The fraction of sp³-hybridized carbons (Fsp3) is 0.417. The SMILES string of the molecule is CCOC(=O)C(Br)C(Br)C(O)c1ccc(F)c(F)c1. The van der Waals surface area contributed by atoms with Crippen LogP contribution in [0.5, 0.6) is 0 Å². The highest BCUT2D eigenvalue weighted by Gasteiger charge is 2.31. The lowest BCUT2D eigenvalue weighted by Crippen LogP contribution is -2.31. The summed E-state index contributed by atoms with van der Waals surface area (Å²) < 4.78 is 30.7. The van der Waals surface area contributed by atoms with Gasteiger partial charge in [-0.3, -0.25) is 4.79 Å². The van der Waals surface area contributed by atoms with E-state index in [0.29, 0.717) is 0 Å². The molecule has 0 amide bonds. The number of benzene rings is 1. The van der Waals surface area contributed by atoms with Gasteiger partial charge in [0.1, 0.15) is 4.83 Å². The molecule has 0 saturated heterocycles. The van der Waals surface area contributed by atoms with Crippen molar-refractivity contribution in [2.75, 3.05) is 6.61 Å². The molecule has 7 heteroatoms. The van der Waals surface area contributed by atoms with Gasteiger partial charge in [-0.2, -0.15) is 0 Å². The number of hydrogen-bond donors (Lipinski definition) is 1. The predicted molar refractivity (Wildman–Crippen MR) is 73.4 cm³/mol. The molecule has 0 aliphatic heterocycles. The molecule has 106 valence electrons. The van der Waals surface area contributed by atoms with Crippen LogP contribution in [0.15, 0.2) is 18.2 Å². The highest BCUT2D eigenvalue weighted by Crippen LogP contribution is 2.30. The maximum absolute atomic E-state index is 13.1. The highest BCUT2D eigenvalue weighted by atomic mass is 79.9. The van der Waals surface area contributed by atoms with Crippen molar-refractivity contribution in [3.8, 4) is 0 Å². The highest BCUT2D eigenvalue weighted by molar-refractivity contribution is 9.12. The molecule has 1 aromatic rings. The molecule has 0 spiro atoms. The number of rotatable bonds is 5. The Morgan fingerprint density at radius 3 is 2.53 bits per heavy atom. The summed E-state index contributed by atoms with van der Waals surface area (Å²) in [5, 5.41) is 10.0. The zero-order valence-corrected chi connectivity index (χ0v) is 13.1. The lowest BCUT2D eigenvalue weighted by Gasteiger charge is -2.21. The zero-order valence-electron chi connectivity index (χ0n) is 9.95. The van der Waals surface area contributed by atoms with Crippen LogP contribution < -0.4 is 0 Å². The summed E-state index contributed by atoms with van der Waals surface area (Å²) >= 11 is 6.24. The van der Waals surface area contributed by atoms with Crippen LogP contribution >= 0.6 is 31.9 Å². The standard InChI is InChI=1S/C12H12Br2F2O3/c1-2-19-12(18)10(14)9(13)11(17)6-3-4-7(15)8(16)5-6/h3-5,9-11,17H,2H2,1H3. The van der Waals surface area contributed by atoms with Crippen molar-refractivity contribution in [3.63, 3.8) is 0 Å². The van der Waals surface area contributed by atoms with Gasteiger partial charge < -0.3 is 9.84 Å². The first-order valence-electron chi connectivity index (χ1n) is 5.46. The average Bonchev–Trinajstić information content (AvgIpc) is 2.39. The normalized spacial score (nSPS) is 15.7. The van der Waals surface area contributed by atoms with E-state index in [1.54, 1.807) is 6.92 Å². The number of carbonyl (C=O) groups excluding carboxylic acids is 1. The Kier molecular flexibility index (Phi) is 6.35. The smallest absolute Gasteiger partial charge is 0.320 e. The van der Waals surface area contributed by atoms with Gasteiger partial charge in [0, 0.05) is 0 Å². The van der Waals surface area contributed by atoms with Gasteiger partial charge >= 0.3 is 5.97 Å². The molecule has 0 aromatic heterocycles. The zero-order chi connectivity index (χ0) is 14.6. The maximum Gasteiger partial charge on any atom is 0.320 e. The van der Waals surface area contributed by atoms with Gasteiger partial charge in [-0.15, -0.1) is 0 Å². The molecular formula is C12H12Br2F2O3. The molecule has 1 rings (SSSR count). The van der Waals surface area contributed by atoms with E-state index in [1.165, 1.54) is 6.07 Å². The minimum atomic E-state index is -1.19. The first kappa shape index (κ1) is 16.5. The van der Waals surface area contributed by atoms with Crippen molar-refractivity contribution in [1.82, 2.24) is 0 Å². The summed E-state index contributed by atoms with van der Waals surface area (Å²) in [6, 6.07) is 3.06. The molecule has 1 aromatic carbocycles. The Hall–Kier alpha value is -0.530. The Morgan fingerprint density at radius 1 is 1.37 bits per heavy atom. The number of alkyl halides is 2. The molecule has 0 fully saturated rings. The van der Waals surface area contributed by atoms with Crippen LogP contribution in [-0.4, -0.2) is 27.3 Å². The average molecular weight is 402 g/mol. The molecule has 0 aliphatic carbocycles. The molecule has 3 unspecified atom stereocenters. The number of esters is 1. The number of carbonyl (C=O) groups is 1. The third-order valence-corrected chi connectivity index (χ3v) is 5.06. The summed E-state index contributed by atoms with van der Waals surface area (Å²) in [6.45, 7) is 1.87. The number of ether oxygens (including phenoxy) is 1. The van der Waals surface area contributed by atoms with Gasteiger partial charge in [-0.05, 0) is 24.6 Å². The topological polar surface area (TPSA) is 46.5 Å². The summed E-state index contributed by atoms with van der Waals surface area (Å²) in [5.41, 5.74) is 0.162. The molecule has 3 nitrogen and oxygen atoms in total. The third kappa shape index (κ3) is 4.22. The monoisotopic (exact) mass is 400 g/mol. The van der Waals surface area contributed by atoms with E-state index in [4.69, 9.17) is 4.74 Å². The minimum absolute atomic E-state index is 0.162. The van der Waals surface area contributed by atoms with Gasteiger partial charge in [0.15, 0.2) is 11.6 Å². The first-order valence-corrected chi connectivity index (χ1v) is 7.29. The van der Waals surface area contributed by atoms with E-state index in [1.807, 2.05) is 0 Å². The van der Waals surface area contributed by atoms with Crippen LogP contribution in [0.25, 0.3) is 0 Å². The lowest BCUT2D eigenvalue weighted by atomic mass is 10.0. The second kappa shape index (κ2) is 7.31. The summed E-state index contributed by atoms with van der Waals surface area (Å²) in [4.78, 5) is 9.95. The van der Waals surface area contributed by atoms with Gasteiger partial charge in [0.05, 0.1) is 17.5 Å². The Labute approximate surface area is 126 Å². The molecule has 0 heterocycles. The van der Waals surface area contributed by atoms with Gasteiger partial charge in [-0.25, -0.2) is 8.78 Å². The van der Waals surface area contributed by atoms with Crippen molar-refractivity contribution >= 4 is 37.8 Å². The van der Waals surface area contributed by atoms with Gasteiger partial charge in [0.25, 0.3) is 0 Å². The van der Waals surface area contributed by atoms with Gasteiger partial charge in [-0.1, -0.05) is 37.9 Å². The third-order valence-electron chi connectivity index (χ3n) is 2.38. The van der Waals surface area contributed by atoms with Crippen molar-refractivity contribution < 1.29 is 23.4 Å². The Balaban J connectivity index is 2.83. The molecular weight excluding hydrogens is 390 g/mol. The number of halogens is 4. The fourth-order valence-electron chi connectivity index (χ4n) is 1.39. The lowest BCUT2D eigenvalue weighted by molar-refractivity contribution is -0.142. The summed E-state index contributed by atoms with van der Waals surface area (Å²) in [5.74, 6) is -2.60. The Morgan fingerprint density at radius 2 is 2.00 bits per heavy atom. The quantitative estimate of drug-likeness (QED) is 0.609. The first-order chi connectivity index (χ1) is 8.88. The summed E-state index contributed by atoms with van der Waals surface area (Å²) in [6.07, 6.45) is -1.19. The Bertz CT molecular complexity index is 457. The molecule has 0 bridgehead atoms. The van der Waals surface area contributed by atoms with Crippen LogP contribution in [0.1, 0.15) is 18.6 Å². The van der Waals surface area contributed by atoms with Crippen LogP contribution in [0.4, 0.5) is 8.78 Å². The minimum Gasteiger partial charge on any atom is -0.465 e. The van der Waals surface area contributed by atoms with Crippen molar-refractivity contribution in [3.05, 3.63) is 35.4 Å². The van der Waals surface area contributed by atoms with E-state index in [0.717, 1.165) is 12.1 Å². The second-order valence-corrected chi connectivity index (χ2v) is 5.76. The van der Waals surface area contributed by atoms with Crippen molar-refractivity contribution in [2.24, 2.45) is 0 Å². The van der Waals surface area contributed by atoms with Crippen LogP contribution in [0.2, 0.25) is 0 Å². The van der Waals surface area contributed by atoms with Gasteiger partial charge in [0.2, 0.25) is 0 Å². The van der Waals surface area contributed by atoms with E-state index in [9.17, 15) is 18.7 Å². The van der Waals surface area contributed by atoms with Crippen molar-refractivity contribution in [2.45, 2.75) is 22.7 Å². The number of hydrogen-bond acceptors (Lipinski definition) is 3. The number of aliphatic hydroxyl groups is 1. The molecule has 0 saturated carbocycles. The summed E-state index contributed by atoms with van der Waals surface area (Å²) in [7, 11) is 0. The molecule has 0 radical (unpaired) electrons. The molecule has 3 atom stereocenters. The molecule has 19 heavy (non-hydrogen) atoms. The van der Waals surface area contributed by atoms with Crippen LogP contribution in [-0.2, 0) is 9.53 Å². The number of aliphatic hydroxyl groups excluding tert-OH is 1. The van der Waals surface area contributed by atoms with Crippen molar-refractivity contribution in [1.29, 1.82) is 0 Å². The van der Waals surface area contributed by atoms with E-state index >= 15 is 0 Å². The van der Waals surface area contributed by atoms with E-state index in [2.05, 4.69) is 31.9 Å². The van der Waals surface area contributed by atoms with Crippen LogP contribution in [0, 0.1) is 11.6 Å². The van der Waals surface area contributed by atoms with E-state index in [-0.39, 0.29) is 12.2 Å².